The van der Waals surface area contributed by atoms with Crippen LogP contribution in [-0.4, -0.2) is 18.1 Å². The van der Waals surface area contributed by atoms with Crippen LogP contribution in [-0.2, 0) is 4.79 Å². The minimum Gasteiger partial charge on any atom is -0.481 e. The van der Waals surface area contributed by atoms with Gasteiger partial charge < -0.3 is 10.1 Å². The Morgan fingerprint density at radius 2 is 2.00 bits per heavy atom. The molecule has 0 aliphatic heterocycles. The molecule has 88 valence electrons. The summed E-state index contributed by atoms with van der Waals surface area (Å²) in [6.45, 7) is 5.42. The molecule has 0 heterocycles. The van der Waals surface area contributed by atoms with Crippen LogP contribution in [0.25, 0.3) is 0 Å². The molecular weight excluding hydrogens is 209 g/mol. The van der Waals surface area contributed by atoms with E-state index in [2.05, 4.69) is 5.32 Å². The van der Waals surface area contributed by atoms with Crippen LogP contribution in [0.2, 0.25) is 0 Å². The normalized spacial score (nSPS) is 11.0. The maximum absolute atomic E-state index is 13.1. The first-order valence-corrected chi connectivity index (χ1v) is 5.07. The van der Waals surface area contributed by atoms with E-state index in [9.17, 15) is 9.18 Å². The van der Waals surface area contributed by atoms with Crippen molar-refractivity contribution < 1.29 is 13.9 Å². The van der Waals surface area contributed by atoms with Gasteiger partial charge in [-0.2, -0.15) is 0 Å². The maximum atomic E-state index is 13.1. The largest absolute Gasteiger partial charge is 0.481 e. The number of halogens is 1. The van der Waals surface area contributed by atoms with Crippen LogP contribution in [0.5, 0.6) is 5.75 Å². The van der Waals surface area contributed by atoms with Crippen LogP contribution >= 0.6 is 0 Å². The van der Waals surface area contributed by atoms with Crippen molar-refractivity contribution in [3.63, 3.8) is 0 Å². The van der Waals surface area contributed by atoms with Gasteiger partial charge in [0.25, 0.3) is 5.91 Å². The van der Waals surface area contributed by atoms with E-state index >= 15 is 0 Å². The number of benzene rings is 1. The summed E-state index contributed by atoms with van der Waals surface area (Å²) in [5.41, 5.74) is -0.310. The summed E-state index contributed by atoms with van der Waals surface area (Å²) < 4.78 is 18.2. The summed E-state index contributed by atoms with van der Waals surface area (Å²) in [6.07, 6.45) is 0. The Balaban J connectivity index is 2.47. The summed E-state index contributed by atoms with van der Waals surface area (Å²) in [5.74, 6) is -0.645. The lowest BCUT2D eigenvalue weighted by Gasteiger charge is -2.20. The lowest BCUT2D eigenvalue weighted by atomic mass is 10.1. The molecule has 0 saturated carbocycles. The molecule has 16 heavy (non-hydrogen) atoms. The average Bonchev–Trinajstić information content (AvgIpc) is 2.14. The molecule has 0 bridgehead atoms. The Morgan fingerprint density at radius 1 is 1.38 bits per heavy atom. The van der Waals surface area contributed by atoms with Gasteiger partial charge in [0, 0.05) is 5.54 Å². The first-order chi connectivity index (χ1) is 7.38. The highest BCUT2D eigenvalue weighted by molar-refractivity contribution is 5.78. The minimum atomic E-state index is -0.467. The molecule has 1 N–H and O–H groups in total. The molecule has 4 heteroatoms. The van der Waals surface area contributed by atoms with Gasteiger partial charge in [-0.1, -0.05) is 12.1 Å². The summed E-state index contributed by atoms with van der Waals surface area (Å²) in [7, 11) is 0. The molecule has 0 aliphatic rings. The second kappa shape index (κ2) is 4.96. The van der Waals surface area contributed by atoms with Crippen molar-refractivity contribution in [1.82, 2.24) is 5.32 Å². The van der Waals surface area contributed by atoms with E-state index in [0.717, 1.165) is 0 Å². The van der Waals surface area contributed by atoms with Crippen molar-refractivity contribution in [2.24, 2.45) is 0 Å². The number of amides is 1. The van der Waals surface area contributed by atoms with Crippen LogP contribution in [0.4, 0.5) is 4.39 Å². The molecule has 0 atom stereocenters. The van der Waals surface area contributed by atoms with Crippen LogP contribution in [0.3, 0.4) is 0 Å². The van der Waals surface area contributed by atoms with E-state index < -0.39 is 5.82 Å². The van der Waals surface area contributed by atoms with Gasteiger partial charge in [-0.3, -0.25) is 4.79 Å². The van der Waals surface area contributed by atoms with E-state index in [1.54, 1.807) is 12.1 Å². The molecule has 1 rings (SSSR count). The highest BCUT2D eigenvalue weighted by Crippen LogP contribution is 2.14. The van der Waals surface area contributed by atoms with Gasteiger partial charge in [0.2, 0.25) is 0 Å². The Hall–Kier alpha value is -1.58. The highest BCUT2D eigenvalue weighted by Gasteiger charge is 2.14. The first kappa shape index (κ1) is 12.5. The number of hydrogen-bond donors (Lipinski definition) is 1. The molecule has 0 spiro atoms. The molecule has 0 aliphatic carbocycles. The van der Waals surface area contributed by atoms with Gasteiger partial charge >= 0.3 is 0 Å². The lowest BCUT2D eigenvalue weighted by Crippen LogP contribution is -2.43. The number of para-hydroxylation sites is 1. The topological polar surface area (TPSA) is 38.3 Å². The molecule has 3 nitrogen and oxygen atoms in total. The van der Waals surface area contributed by atoms with Crippen LogP contribution < -0.4 is 10.1 Å². The Bertz CT molecular complexity index is 372. The van der Waals surface area contributed by atoms with Gasteiger partial charge in [0.05, 0.1) is 0 Å². The second-order valence-electron chi connectivity index (χ2n) is 4.52. The van der Waals surface area contributed by atoms with Gasteiger partial charge in [-0.05, 0) is 32.9 Å². The Kier molecular flexibility index (Phi) is 3.88. The molecule has 0 saturated heterocycles. The summed E-state index contributed by atoms with van der Waals surface area (Å²) in [4.78, 5) is 11.4. The Labute approximate surface area is 94.6 Å². The SMILES string of the molecule is CC(C)(C)NC(=O)COc1ccccc1F. The molecule has 0 aromatic heterocycles. The second-order valence-corrected chi connectivity index (χ2v) is 4.52. The van der Waals surface area contributed by atoms with Gasteiger partial charge in [0.1, 0.15) is 0 Å². The quantitative estimate of drug-likeness (QED) is 0.855. The van der Waals surface area contributed by atoms with Crippen molar-refractivity contribution in [2.75, 3.05) is 6.61 Å². The van der Waals surface area contributed by atoms with Gasteiger partial charge in [-0.15, -0.1) is 0 Å². The summed E-state index contributed by atoms with van der Waals surface area (Å²) >= 11 is 0. The zero-order valence-electron chi connectivity index (χ0n) is 9.71. The number of rotatable bonds is 3. The zero-order valence-corrected chi connectivity index (χ0v) is 9.71. The number of carbonyl (C=O) groups is 1. The molecule has 1 aromatic carbocycles. The monoisotopic (exact) mass is 225 g/mol. The number of ether oxygens (including phenoxy) is 1. The van der Waals surface area contributed by atoms with Gasteiger partial charge in [-0.25, -0.2) is 4.39 Å². The number of hydrogen-bond acceptors (Lipinski definition) is 2. The first-order valence-electron chi connectivity index (χ1n) is 5.07. The van der Waals surface area contributed by atoms with E-state index in [-0.39, 0.29) is 23.8 Å². The fraction of sp³-hybridized carbons (Fsp3) is 0.417. The van der Waals surface area contributed by atoms with Crippen molar-refractivity contribution in [3.8, 4) is 5.75 Å². The molecule has 0 radical (unpaired) electrons. The van der Waals surface area contributed by atoms with E-state index in [1.165, 1.54) is 12.1 Å². The van der Waals surface area contributed by atoms with E-state index in [0.29, 0.717) is 0 Å². The summed E-state index contributed by atoms with van der Waals surface area (Å²) in [6, 6.07) is 5.99. The van der Waals surface area contributed by atoms with Crippen molar-refractivity contribution in [3.05, 3.63) is 30.1 Å². The fourth-order valence-electron chi connectivity index (χ4n) is 1.16. The van der Waals surface area contributed by atoms with Gasteiger partial charge in [0.15, 0.2) is 18.2 Å². The molecule has 0 unspecified atom stereocenters. The smallest absolute Gasteiger partial charge is 0.258 e. The molecular formula is C12H16FNO2. The van der Waals surface area contributed by atoms with E-state index in [4.69, 9.17) is 4.74 Å². The predicted molar refractivity (Wildman–Crippen MR) is 59.8 cm³/mol. The lowest BCUT2D eigenvalue weighted by molar-refractivity contribution is -0.124. The highest BCUT2D eigenvalue weighted by atomic mass is 19.1. The van der Waals surface area contributed by atoms with Crippen molar-refractivity contribution >= 4 is 5.91 Å². The molecule has 1 aromatic rings. The standard InChI is InChI=1S/C12H16FNO2/c1-12(2,3)14-11(15)8-16-10-7-5-4-6-9(10)13/h4-7H,8H2,1-3H3,(H,14,15). The van der Waals surface area contributed by atoms with E-state index in [1.807, 2.05) is 20.8 Å². The fourth-order valence-corrected chi connectivity index (χ4v) is 1.16. The zero-order chi connectivity index (χ0) is 12.2. The number of nitrogens with one attached hydrogen (secondary N) is 1. The van der Waals surface area contributed by atoms with Crippen LogP contribution in [0, 0.1) is 5.82 Å². The maximum Gasteiger partial charge on any atom is 0.258 e. The molecule has 1 amide bonds. The predicted octanol–water partition coefficient (Wildman–Crippen LogP) is 2.12. The minimum absolute atomic E-state index is 0.0894. The third-order valence-corrected chi connectivity index (χ3v) is 1.71. The van der Waals surface area contributed by atoms with Crippen LogP contribution in [0.1, 0.15) is 20.8 Å². The average molecular weight is 225 g/mol. The number of carbonyl (C=O) groups excluding carboxylic acids is 1. The van der Waals surface area contributed by atoms with Crippen LogP contribution in [0.15, 0.2) is 24.3 Å². The van der Waals surface area contributed by atoms with Crippen molar-refractivity contribution in [2.45, 2.75) is 26.3 Å². The van der Waals surface area contributed by atoms with Crippen molar-refractivity contribution in [1.29, 1.82) is 0 Å². The summed E-state index contributed by atoms with van der Waals surface area (Å²) in [5, 5.41) is 2.72. The molecule has 0 fully saturated rings. The third kappa shape index (κ3) is 4.29. The third-order valence-electron chi connectivity index (χ3n) is 1.71. The Morgan fingerprint density at radius 3 is 2.56 bits per heavy atom.